The molecule has 3 rings (SSSR count). The summed E-state index contributed by atoms with van der Waals surface area (Å²) in [6, 6.07) is 11.2. The standard InChI is InChI=1S/C18H15BrFN5/c1-12-8-15(11-23-18(12)20)24-25-16(10-14-4-2-3-6-21-14)13-5-7-22-17(19)9-13/h2-9,11,24H,10H2,1H3/b25-16-. The number of anilines is 1. The first-order valence-corrected chi connectivity index (χ1v) is 8.37. The summed E-state index contributed by atoms with van der Waals surface area (Å²) in [7, 11) is 0. The molecule has 0 spiro atoms. The van der Waals surface area contributed by atoms with Crippen molar-refractivity contribution in [3.63, 3.8) is 0 Å². The maximum atomic E-state index is 13.3. The summed E-state index contributed by atoms with van der Waals surface area (Å²) >= 11 is 3.38. The highest BCUT2D eigenvalue weighted by molar-refractivity contribution is 9.10. The number of hydrazone groups is 1. The molecule has 0 amide bonds. The van der Waals surface area contributed by atoms with E-state index in [2.05, 4.69) is 41.4 Å². The Hall–Kier alpha value is -2.67. The van der Waals surface area contributed by atoms with Gasteiger partial charge in [-0.1, -0.05) is 6.07 Å². The predicted octanol–water partition coefficient (Wildman–Crippen LogP) is 4.14. The summed E-state index contributed by atoms with van der Waals surface area (Å²) in [4.78, 5) is 12.2. The normalized spacial score (nSPS) is 11.4. The Morgan fingerprint density at radius 2 is 2.04 bits per heavy atom. The van der Waals surface area contributed by atoms with E-state index < -0.39 is 5.95 Å². The third-order valence-corrected chi connectivity index (χ3v) is 3.90. The highest BCUT2D eigenvalue weighted by Gasteiger charge is 2.08. The van der Waals surface area contributed by atoms with E-state index >= 15 is 0 Å². The van der Waals surface area contributed by atoms with Crippen LogP contribution in [0, 0.1) is 12.9 Å². The number of nitrogens with zero attached hydrogens (tertiary/aromatic N) is 4. The summed E-state index contributed by atoms with van der Waals surface area (Å²) in [5, 5.41) is 4.49. The van der Waals surface area contributed by atoms with Gasteiger partial charge in [-0.3, -0.25) is 10.4 Å². The Balaban J connectivity index is 1.90. The minimum Gasteiger partial charge on any atom is -0.277 e. The zero-order chi connectivity index (χ0) is 17.6. The van der Waals surface area contributed by atoms with Crippen molar-refractivity contribution in [1.82, 2.24) is 15.0 Å². The molecule has 0 aliphatic carbocycles. The van der Waals surface area contributed by atoms with Gasteiger partial charge in [-0.15, -0.1) is 0 Å². The molecule has 0 saturated carbocycles. The summed E-state index contributed by atoms with van der Waals surface area (Å²) in [6.45, 7) is 1.66. The minimum absolute atomic E-state index is 0.457. The molecule has 0 atom stereocenters. The average molecular weight is 400 g/mol. The van der Waals surface area contributed by atoms with Crippen LogP contribution >= 0.6 is 15.9 Å². The molecule has 0 saturated heterocycles. The first-order valence-electron chi connectivity index (χ1n) is 7.58. The van der Waals surface area contributed by atoms with E-state index in [9.17, 15) is 4.39 Å². The number of aromatic nitrogens is 3. The smallest absolute Gasteiger partial charge is 0.215 e. The van der Waals surface area contributed by atoms with Crippen LogP contribution in [-0.4, -0.2) is 20.7 Å². The molecular weight excluding hydrogens is 385 g/mol. The van der Waals surface area contributed by atoms with E-state index in [-0.39, 0.29) is 0 Å². The van der Waals surface area contributed by atoms with Gasteiger partial charge in [0.05, 0.1) is 17.6 Å². The molecule has 7 heteroatoms. The fourth-order valence-corrected chi connectivity index (χ4v) is 2.58. The van der Waals surface area contributed by atoms with E-state index in [1.165, 1.54) is 6.20 Å². The molecule has 0 aromatic carbocycles. The minimum atomic E-state index is -0.485. The van der Waals surface area contributed by atoms with Crippen LogP contribution in [0.1, 0.15) is 16.8 Å². The van der Waals surface area contributed by atoms with Gasteiger partial charge in [0.1, 0.15) is 4.60 Å². The topological polar surface area (TPSA) is 63.1 Å². The van der Waals surface area contributed by atoms with E-state index in [1.807, 2.05) is 30.3 Å². The maximum Gasteiger partial charge on any atom is 0.215 e. The van der Waals surface area contributed by atoms with Gasteiger partial charge in [-0.05, 0) is 53.2 Å². The number of rotatable bonds is 5. The molecule has 3 heterocycles. The van der Waals surface area contributed by atoms with Crippen molar-refractivity contribution in [2.24, 2.45) is 5.10 Å². The Bertz CT molecular complexity index is 899. The molecular formula is C18H15BrFN5. The maximum absolute atomic E-state index is 13.3. The molecule has 3 aromatic heterocycles. The van der Waals surface area contributed by atoms with Crippen LogP contribution in [0.2, 0.25) is 0 Å². The lowest BCUT2D eigenvalue weighted by Crippen LogP contribution is -2.10. The van der Waals surface area contributed by atoms with Gasteiger partial charge in [-0.2, -0.15) is 9.49 Å². The fourth-order valence-electron chi connectivity index (χ4n) is 2.21. The fraction of sp³-hybridized carbons (Fsp3) is 0.111. The lowest BCUT2D eigenvalue weighted by molar-refractivity contribution is 0.575. The summed E-state index contributed by atoms with van der Waals surface area (Å²) < 4.78 is 14.0. The average Bonchev–Trinajstić information content (AvgIpc) is 2.62. The Labute approximate surface area is 153 Å². The van der Waals surface area contributed by atoms with E-state index in [1.54, 1.807) is 25.4 Å². The van der Waals surface area contributed by atoms with Crippen molar-refractivity contribution in [2.75, 3.05) is 5.43 Å². The van der Waals surface area contributed by atoms with Gasteiger partial charge in [-0.25, -0.2) is 9.97 Å². The number of hydrogen-bond acceptors (Lipinski definition) is 5. The highest BCUT2D eigenvalue weighted by Crippen LogP contribution is 2.14. The molecule has 0 aliphatic heterocycles. The van der Waals surface area contributed by atoms with Crippen molar-refractivity contribution in [1.29, 1.82) is 0 Å². The van der Waals surface area contributed by atoms with Gasteiger partial charge in [0.15, 0.2) is 0 Å². The monoisotopic (exact) mass is 399 g/mol. The summed E-state index contributed by atoms with van der Waals surface area (Å²) in [5.41, 5.74) is 6.60. The van der Waals surface area contributed by atoms with Crippen molar-refractivity contribution < 1.29 is 4.39 Å². The largest absolute Gasteiger partial charge is 0.277 e. The number of hydrogen-bond donors (Lipinski definition) is 1. The zero-order valence-electron chi connectivity index (χ0n) is 13.4. The quantitative estimate of drug-likeness (QED) is 0.397. The molecule has 1 N–H and O–H groups in total. The predicted molar refractivity (Wildman–Crippen MR) is 99.0 cm³/mol. The second-order valence-electron chi connectivity index (χ2n) is 5.37. The second kappa shape index (κ2) is 7.94. The molecule has 5 nitrogen and oxygen atoms in total. The first-order chi connectivity index (χ1) is 12.1. The highest BCUT2D eigenvalue weighted by atomic mass is 79.9. The summed E-state index contributed by atoms with van der Waals surface area (Å²) in [5.74, 6) is -0.485. The molecule has 0 radical (unpaired) electrons. The number of aryl methyl sites for hydroxylation is 1. The van der Waals surface area contributed by atoms with E-state index in [4.69, 9.17) is 0 Å². The number of nitrogens with one attached hydrogen (secondary N) is 1. The van der Waals surface area contributed by atoms with Crippen LogP contribution in [0.3, 0.4) is 0 Å². The molecule has 0 unspecified atom stereocenters. The van der Waals surface area contributed by atoms with Crippen LogP contribution in [-0.2, 0) is 6.42 Å². The molecule has 0 bridgehead atoms. The van der Waals surface area contributed by atoms with Crippen LogP contribution in [0.15, 0.2) is 64.7 Å². The van der Waals surface area contributed by atoms with Crippen molar-refractivity contribution in [3.05, 3.63) is 82.4 Å². The van der Waals surface area contributed by atoms with Gasteiger partial charge >= 0.3 is 0 Å². The van der Waals surface area contributed by atoms with Gasteiger partial charge < -0.3 is 0 Å². The third-order valence-electron chi connectivity index (χ3n) is 3.47. The van der Waals surface area contributed by atoms with Crippen LogP contribution in [0.5, 0.6) is 0 Å². The zero-order valence-corrected chi connectivity index (χ0v) is 15.0. The van der Waals surface area contributed by atoms with E-state index in [0.29, 0.717) is 17.7 Å². The lowest BCUT2D eigenvalue weighted by atomic mass is 10.1. The number of pyridine rings is 3. The van der Waals surface area contributed by atoms with Gasteiger partial charge in [0.2, 0.25) is 5.95 Å². The van der Waals surface area contributed by atoms with Gasteiger partial charge in [0, 0.05) is 35.6 Å². The van der Waals surface area contributed by atoms with Crippen LogP contribution in [0.25, 0.3) is 0 Å². The second-order valence-corrected chi connectivity index (χ2v) is 6.18. The molecule has 3 aromatic rings. The molecule has 25 heavy (non-hydrogen) atoms. The van der Waals surface area contributed by atoms with Gasteiger partial charge in [0.25, 0.3) is 0 Å². The van der Waals surface area contributed by atoms with Crippen molar-refractivity contribution in [3.8, 4) is 0 Å². The van der Waals surface area contributed by atoms with Crippen LogP contribution in [0.4, 0.5) is 10.1 Å². The first kappa shape index (κ1) is 17.2. The Kier molecular flexibility index (Phi) is 5.45. The summed E-state index contributed by atoms with van der Waals surface area (Å²) in [6.07, 6.45) is 5.40. The number of halogens is 2. The molecule has 126 valence electrons. The van der Waals surface area contributed by atoms with Crippen LogP contribution < -0.4 is 5.43 Å². The lowest BCUT2D eigenvalue weighted by Gasteiger charge is -2.09. The molecule has 0 fully saturated rings. The third kappa shape index (κ3) is 4.67. The molecule has 0 aliphatic rings. The van der Waals surface area contributed by atoms with Crippen molar-refractivity contribution in [2.45, 2.75) is 13.3 Å². The van der Waals surface area contributed by atoms with Crippen molar-refractivity contribution >= 4 is 27.3 Å². The van der Waals surface area contributed by atoms with E-state index in [0.717, 1.165) is 21.6 Å². The Morgan fingerprint density at radius 3 is 2.76 bits per heavy atom. The SMILES string of the molecule is Cc1cc(N/N=C(/Cc2ccccn2)c2ccnc(Br)c2)cnc1F. The Morgan fingerprint density at radius 1 is 1.16 bits per heavy atom.